The first-order valence-corrected chi connectivity index (χ1v) is 10.7. The maximum atomic E-state index is 13.1. The van der Waals surface area contributed by atoms with Crippen LogP contribution >= 0.6 is 11.6 Å². The molecule has 4 rings (SSSR count). The lowest BCUT2D eigenvalue weighted by Gasteiger charge is -2.35. The molecule has 2 aromatic heterocycles. The topological polar surface area (TPSA) is 83.7 Å². The lowest BCUT2D eigenvalue weighted by atomic mass is 10.2. The Morgan fingerprint density at radius 2 is 1.80 bits per heavy atom. The second kappa shape index (κ2) is 7.36. The van der Waals surface area contributed by atoms with Gasteiger partial charge in [-0.3, -0.25) is 0 Å². The molecule has 1 aliphatic heterocycles. The number of aromatic nitrogens is 4. The van der Waals surface area contributed by atoms with Crippen LogP contribution in [-0.2, 0) is 16.2 Å². The lowest BCUT2D eigenvalue weighted by Crippen LogP contribution is -2.49. The second-order valence-electron chi connectivity index (χ2n) is 6.76. The third-order valence-electron chi connectivity index (χ3n) is 4.80. The van der Waals surface area contributed by atoms with Gasteiger partial charge in [-0.05, 0) is 25.1 Å². The van der Waals surface area contributed by atoms with Crippen molar-refractivity contribution in [2.45, 2.75) is 18.0 Å². The molecule has 0 atom stereocenters. The highest BCUT2D eigenvalue weighted by Crippen LogP contribution is 2.36. The quantitative estimate of drug-likeness (QED) is 0.597. The summed E-state index contributed by atoms with van der Waals surface area (Å²) in [5.41, 5.74) is -0.439. The molecule has 0 spiro atoms. The molecule has 1 aliphatic rings. The number of aryl methyl sites for hydroxylation is 1. The van der Waals surface area contributed by atoms with Crippen LogP contribution in [0, 0.1) is 6.92 Å². The summed E-state index contributed by atoms with van der Waals surface area (Å²) in [6.07, 6.45) is -3.37. The summed E-state index contributed by atoms with van der Waals surface area (Å²) < 4.78 is 67.9. The molecular weight excluding hydrogens is 445 g/mol. The van der Waals surface area contributed by atoms with Crippen LogP contribution in [0.25, 0.3) is 5.78 Å². The molecule has 0 amide bonds. The predicted molar refractivity (Wildman–Crippen MR) is 103 cm³/mol. The molecule has 0 bridgehead atoms. The Balaban J connectivity index is 1.57. The first kappa shape index (κ1) is 20.8. The molecule has 0 aliphatic carbocycles. The lowest BCUT2D eigenvalue weighted by molar-refractivity contribution is -0.137. The molecule has 1 fully saturated rings. The summed E-state index contributed by atoms with van der Waals surface area (Å²) in [4.78, 5) is 9.84. The Hall–Kier alpha value is -2.44. The van der Waals surface area contributed by atoms with E-state index < -0.39 is 31.7 Å². The Labute approximate surface area is 174 Å². The van der Waals surface area contributed by atoms with Gasteiger partial charge in [-0.15, -0.1) is 0 Å². The van der Waals surface area contributed by atoms with Gasteiger partial charge in [0, 0.05) is 37.9 Å². The van der Waals surface area contributed by atoms with Gasteiger partial charge in [0.25, 0.3) is 5.78 Å². The fraction of sp³-hybridized carbons (Fsp3) is 0.353. The monoisotopic (exact) mass is 460 g/mol. The van der Waals surface area contributed by atoms with Gasteiger partial charge in [-0.1, -0.05) is 11.6 Å². The number of rotatable bonds is 3. The van der Waals surface area contributed by atoms with Crippen molar-refractivity contribution in [2.75, 3.05) is 31.1 Å². The SMILES string of the molecule is Cc1cc(N2CCN(S(=O)(=O)c3ccc(Cl)c(C(F)(F)F)c3)CC2)n2ncnc2n1. The zero-order valence-corrected chi connectivity index (χ0v) is 17.2. The van der Waals surface area contributed by atoms with Crippen LogP contribution in [0.5, 0.6) is 0 Å². The van der Waals surface area contributed by atoms with Crippen LogP contribution in [0.2, 0.25) is 5.02 Å². The van der Waals surface area contributed by atoms with E-state index in [1.807, 2.05) is 17.9 Å². The van der Waals surface area contributed by atoms with Crippen LogP contribution in [0.1, 0.15) is 11.3 Å². The number of nitrogens with zero attached hydrogens (tertiary/aromatic N) is 6. The molecule has 1 saturated heterocycles. The number of alkyl halides is 3. The Kier molecular flexibility index (Phi) is 5.11. The highest BCUT2D eigenvalue weighted by molar-refractivity contribution is 7.89. The van der Waals surface area contributed by atoms with E-state index in [0.29, 0.717) is 24.9 Å². The van der Waals surface area contributed by atoms with Gasteiger partial charge in [0.2, 0.25) is 10.0 Å². The number of benzene rings is 1. The average Bonchev–Trinajstić information content (AvgIpc) is 3.15. The second-order valence-corrected chi connectivity index (χ2v) is 9.10. The summed E-state index contributed by atoms with van der Waals surface area (Å²) >= 11 is 5.60. The molecule has 0 saturated carbocycles. The standard InChI is InChI=1S/C17H16ClF3N6O2S/c1-11-8-15(27-16(24-11)22-10-23-27)25-4-6-26(7-5-25)30(28,29)12-2-3-14(18)13(9-12)17(19,20)21/h2-3,8-10H,4-7H2,1H3. The van der Waals surface area contributed by atoms with Crippen molar-refractivity contribution in [3.8, 4) is 0 Å². The van der Waals surface area contributed by atoms with Gasteiger partial charge in [-0.25, -0.2) is 13.4 Å². The number of fused-ring (bicyclic) bond motifs is 1. The van der Waals surface area contributed by atoms with Crippen molar-refractivity contribution in [1.29, 1.82) is 0 Å². The first-order chi connectivity index (χ1) is 14.1. The van der Waals surface area contributed by atoms with Crippen molar-refractivity contribution in [1.82, 2.24) is 23.9 Å². The number of halogens is 4. The Morgan fingerprint density at radius 1 is 1.10 bits per heavy atom. The maximum Gasteiger partial charge on any atom is 0.417 e. The summed E-state index contributed by atoms with van der Waals surface area (Å²) in [5, 5.41) is 3.60. The zero-order valence-electron chi connectivity index (χ0n) is 15.6. The zero-order chi connectivity index (χ0) is 21.7. The summed E-state index contributed by atoms with van der Waals surface area (Å²) in [5.74, 6) is 1.15. The number of piperazine rings is 1. The van der Waals surface area contributed by atoms with Crippen molar-refractivity contribution < 1.29 is 21.6 Å². The third kappa shape index (κ3) is 3.70. The van der Waals surface area contributed by atoms with Gasteiger partial charge in [0.05, 0.1) is 15.5 Å². The molecule has 1 aromatic carbocycles. The summed E-state index contributed by atoms with van der Waals surface area (Å²) in [6, 6.07) is 4.44. The molecule has 13 heteroatoms. The van der Waals surface area contributed by atoms with Crippen LogP contribution in [0.4, 0.5) is 19.0 Å². The fourth-order valence-corrected chi connectivity index (χ4v) is 5.00. The van der Waals surface area contributed by atoms with Gasteiger partial charge in [0.1, 0.15) is 12.1 Å². The van der Waals surface area contributed by atoms with Gasteiger partial charge >= 0.3 is 6.18 Å². The smallest absolute Gasteiger partial charge is 0.354 e. The molecule has 3 heterocycles. The molecule has 0 N–H and O–H groups in total. The van der Waals surface area contributed by atoms with Crippen LogP contribution in [0.15, 0.2) is 35.5 Å². The number of anilines is 1. The van der Waals surface area contributed by atoms with Crippen molar-refractivity contribution in [2.24, 2.45) is 0 Å². The number of hydrogen-bond acceptors (Lipinski definition) is 6. The van der Waals surface area contributed by atoms with Crippen LogP contribution in [0.3, 0.4) is 0 Å². The van der Waals surface area contributed by atoms with Gasteiger partial charge in [0.15, 0.2) is 0 Å². The summed E-state index contributed by atoms with van der Waals surface area (Å²) in [7, 11) is -4.11. The van der Waals surface area contributed by atoms with E-state index in [1.165, 1.54) is 10.6 Å². The van der Waals surface area contributed by atoms with E-state index in [0.717, 1.165) is 23.6 Å². The Bertz CT molecular complexity index is 1210. The van der Waals surface area contributed by atoms with Crippen molar-refractivity contribution in [3.63, 3.8) is 0 Å². The van der Waals surface area contributed by atoms with E-state index in [4.69, 9.17) is 11.6 Å². The molecule has 0 radical (unpaired) electrons. The molecule has 3 aromatic rings. The fourth-order valence-electron chi connectivity index (χ4n) is 3.33. The van der Waals surface area contributed by atoms with Crippen LogP contribution < -0.4 is 4.90 Å². The average molecular weight is 461 g/mol. The largest absolute Gasteiger partial charge is 0.417 e. The number of sulfonamides is 1. The van der Waals surface area contributed by atoms with Crippen molar-refractivity contribution >= 4 is 33.2 Å². The van der Waals surface area contributed by atoms with Gasteiger partial charge < -0.3 is 4.90 Å². The molecule has 160 valence electrons. The van der Waals surface area contributed by atoms with Gasteiger partial charge in [-0.2, -0.15) is 32.1 Å². The normalized spacial score (nSPS) is 16.4. The van der Waals surface area contributed by atoms with E-state index in [-0.39, 0.29) is 13.1 Å². The maximum absolute atomic E-state index is 13.1. The van der Waals surface area contributed by atoms with E-state index >= 15 is 0 Å². The minimum absolute atomic E-state index is 0.101. The molecular formula is C17H16ClF3N6O2S. The highest BCUT2D eigenvalue weighted by atomic mass is 35.5. The highest BCUT2D eigenvalue weighted by Gasteiger charge is 2.36. The van der Waals surface area contributed by atoms with Crippen molar-refractivity contribution in [3.05, 3.63) is 46.9 Å². The third-order valence-corrected chi connectivity index (χ3v) is 7.03. The minimum Gasteiger partial charge on any atom is -0.354 e. The molecule has 8 nitrogen and oxygen atoms in total. The van der Waals surface area contributed by atoms with E-state index in [9.17, 15) is 21.6 Å². The molecule has 0 unspecified atom stereocenters. The molecule has 30 heavy (non-hydrogen) atoms. The minimum atomic E-state index is -4.75. The first-order valence-electron chi connectivity index (χ1n) is 8.86. The van der Waals surface area contributed by atoms with E-state index in [1.54, 1.807) is 4.52 Å². The predicted octanol–water partition coefficient (Wildman–Crippen LogP) is 2.62. The number of hydrogen-bond donors (Lipinski definition) is 0. The van der Waals surface area contributed by atoms with Crippen LogP contribution in [-0.4, -0.2) is 58.5 Å². The Morgan fingerprint density at radius 3 is 2.47 bits per heavy atom. The summed E-state index contributed by atoms with van der Waals surface area (Å²) in [6.45, 7) is 2.68. The van der Waals surface area contributed by atoms with E-state index in [2.05, 4.69) is 15.1 Å².